The second-order valence-corrected chi connectivity index (χ2v) is 8.96. The molecule has 0 bridgehead atoms. The van der Waals surface area contributed by atoms with Crippen LogP contribution in [0.25, 0.3) is 0 Å². The van der Waals surface area contributed by atoms with Gasteiger partial charge in [0.1, 0.15) is 0 Å². The zero-order valence-electron chi connectivity index (χ0n) is 16.6. The molecule has 0 saturated carbocycles. The van der Waals surface area contributed by atoms with Gasteiger partial charge in [-0.3, -0.25) is 9.69 Å². The first-order valence-electron chi connectivity index (χ1n) is 10.5. The highest BCUT2D eigenvalue weighted by atomic mass is 35.5. The fraction of sp³-hybridized carbons (Fsp3) is 0.619. The molecule has 0 aliphatic carbocycles. The van der Waals surface area contributed by atoms with Crippen LogP contribution in [0.15, 0.2) is 24.3 Å². The van der Waals surface area contributed by atoms with Gasteiger partial charge in [-0.1, -0.05) is 17.7 Å². The minimum absolute atomic E-state index is 0.123. The van der Waals surface area contributed by atoms with Crippen LogP contribution in [0.1, 0.15) is 25.7 Å². The van der Waals surface area contributed by atoms with E-state index in [2.05, 4.69) is 21.2 Å². The van der Waals surface area contributed by atoms with Gasteiger partial charge in [0, 0.05) is 62.6 Å². The zero-order valence-corrected chi connectivity index (χ0v) is 17.4. The third kappa shape index (κ3) is 4.46. The summed E-state index contributed by atoms with van der Waals surface area (Å²) < 4.78 is 0. The van der Waals surface area contributed by atoms with Gasteiger partial charge in [-0.05, 0) is 43.9 Å². The van der Waals surface area contributed by atoms with Crippen molar-refractivity contribution < 1.29 is 14.7 Å². The van der Waals surface area contributed by atoms with Crippen LogP contribution >= 0.6 is 11.6 Å². The zero-order chi connectivity index (χ0) is 20.4. The predicted molar refractivity (Wildman–Crippen MR) is 113 cm³/mol. The van der Waals surface area contributed by atoms with Gasteiger partial charge >= 0.3 is 6.09 Å². The SMILES string of the molecule is O=C(O)N1CCC2(CC1)C[C@H](CCN1CCN(c3cccc(Cl)c3)CC1)NC2=O. The van der Waals surface area contributed by atoms with Crippen molar-refractivity contribution in [1.29, 1.82) is 0 Å². The molecule has 1 aromatic carbocycles. The smallest absolute Gasteiger partial charge is 0.407 e. The van der Waals surface area contributed by atoms with Gasteiger partial charge in [0.25, 0.3) is 0 Å². The highest BCUT2D eigenvalue weighted by molar-refractivity contribution is 6.30. The fourth-order valence-corrected chi connectivity index (χ4v) is 5.11. The molecule has 29 heavy (non-hydrogen) atoms. The van der Waals surface area contributed by atoms with Crippen LogP contribution in [0.3, 0.4) is 0 Å². The average molecular weight is 421 g/mol. The number of nitrogens with zero attached hydrogens (tertiary/aromatic N) is 3. The topological polar surface area (TPSA) is 76.1 Å². The maximum Gasteiger partial charge on any atom is 0.407 e. The first-order valence-corrected chi connectivity index (χ1v) is 10.8. The monoisotopic (exact) mass is 420 g/mol. The summed E-state index contributed by atoms with van der Waals surface area (Å²) in [5.74, 6) is 0.123. The highest BCUT2D eigenvalue weighted by Gasteiger charge is 2.48. The Morgan fingerprint density at radius 3 is 2.55 bits per heavy atom. The van der Waals surface area contributed by atoms with Gasteiger partial charge in [0.2, 0.25) is 5.91 Å². The summed E-state index contributed by atoms with van der Waals surface area (Å²) in [6, 6.07) is 8.20. The minimum Gasteiger partial charge on any atom is -0.465 e. The number of amides is 2. The van der Waals surface area contributed by atoms with Gasteiger partial charge in [-0.25, -0.2) is 4.79 Å². The average Bonchev–Trinajstić information content (AvgIpc) is 3.02. The Morgan fingerprint density at radius 1 is 1.17 bits per heavy atom. The largest absolute Gasteiger partial charge is 0.465 e. The van der Waals surface area contributed by atoms with Crippen molar-refractivity contribution in [3.8, 4) is 0 Å². The maximum absolute atomic E-state index is 12.6. The Hall–Kier alpha value is -1.99. The predicted octanol–water partition coefficient (Wildman–Crippen LogP) is 2.50. The Kier molecular flexibility index (Phi) is 5.88. The van der Waals surface area contributed by atoms with Gasteiger partial charge < -0.3 is 20.2 Å². The summed E-state index contributed by atoms with van der Waals surface area (Å²) in [6.45, 7) is 5.87. The van der Waals surface area contributed by atoms with E-state index in [9.17, 15) is 9.59 Å². The van der Waals surface area contributed by atoms with Crippen molar-refractivity contribution in [2.45, 2.75) is 31.7 Å². The molecule has 0 unspecified atom stereocenters. The molecule has 4 rings (SSSR count). The molecule has 8 heteroatoms. The van der Waals surface area contributed by atoms with E-state index >= 15 is 0 Å². The number of hydrogen-bond donors (Lipinski definition) is 2. The number of hydrogen-bond acceptors (Lipinski definition) is 4. The third-order valence-electron chi connectivity index (χ3n) is 6.78. The maximum atomic E-state index is 12.6. The Balaban J connectivity index is 1.23. The van der Waals surface area contributed by atoms with Crippen LogP contribution in [0.5, 0.6) is 0 Å². The summed E-state index contributed by atoms with van der Waals surface area (Å²) in [7, 11) is 0. The van der Waals surface area contributed by atoms with E-state index in [0.29, 0.717) is 25.9 Å². The van der Waals surface area contributed by atoms with E-state index in [0.717, 1.165) is 50.6 Å². The Morgan fingerprint density at radius 2 is 1.90 bits per heavy atom. The molecule has 2 amide bonds. The molecule has 3 aliphatic heterocycles. The summed E-state index contributed by atoms with van der Waals surface area (Å²) in [4.78, 5) is 30.0. The van der Waals surface area contributed by atoms with E-state index in [-0.39, 0.29) is 17.4 Å². The fourth-order valence-electron chi connectivity index (χ4n) is 4.93. The van der Waals surface area contributed by atoms with Gasteiger partial charge in [0.15, 0.2) is 0 Å². The lowest BCUT2D eigenvalue weighted by atomic mass is 9.76. The molecule has 3 saturated heterocycles. The molecule has 0 aromatic heterocycles. The molecule has 158 valence electrons. The number of anilines is 1. The normalized spacial score (nSPS) is 24.7. The van der Waals surface area contributed by atoms with Crippen molar-refractivity contribution in [1.82, 2.24) is 15.1 Å². The molecule has 3 fully saturated rings. The quantitative estimate of drug-likeness (QED) is 0.782. The lowest BCUT2D eigenvalue weighted by Gasteiger charge is -2.37. The van der Waals surface area contributed by atoms with E-state index < -0.39 is 6.09 Å². The first kappa shape index (κ1) is 20.3. The Bertz CT molecular complexity index is 758. The summed E-state index contributed by atoms with van der Waals surface area (Å²) in [5.41, 5.74) is 0.817. The van der Waals surface area contributed by atoms with Crippen LogP contribution in [0, 0.1) is 5.41 Å². The van der Waals surface area contributed by atoms with Crippen molar-refractivity contribution in [3.63, 3.8) is 0 Å². The van der Waals surface area contributed by atoms with E-state index in [4.69, 9.17) is 16.7 Å². The lowest BCUT2D eigenvalue weighted by molar-refractivity contribution is -0.129. The van der Waals surface area contributed by atoms with Crippen LogP contribution in [0.2, 0.25) is 5.02 Å². The standard InChI is InChI=1S/C21H29ClN4O3/c22-16-2-1-3-18(14-16)25-12-10-24(11-13-25)7-4-17-15-21(19(27)23-17)5-8-26(9-6-21)20(28)29/h1-3,14,17H,4-13,15H2,(H,23,27)(H,28,29)/t17-/m0/s1. The van der Waals surface area contributed by atoms with Crippen molar-refractivity contribution >= 4 is 29.3 Å². The molecule has 3 aliphatic rings. The van der Waals surface area contributed by atoms with Crippen molar-refractivity contribution in [3.05, 3.63) is 29.3 Å². The summed E-state index contributed by atoms with van der Waals surface area (Å²) in [5, 5.41) is 13.1. The number of piperazine rings is 1. The second-order valence-electron chi connectivity index (χ2n) is 8.52. The van der Waals surface area contributed by atoms with Crippen molar-refractivity contribution in [2.24, 2.45) is 5.41 Å². The van der Waals surface area contributed by atoms with Crippen LogP contribution in [-0.4, -0.2) is 78.8 Å². The van der Waals surface area contributed by atoms with Gasteiger partial charge in [0.05, 0.1) is 5.41 Å². The van der Waals surface area contributed by atoms with Crippen molar-refractivity contribution in [2.75, 3.05) is 50.7 Å². The van der Waals surface area contributed by atoms with E-state index in [1.54, 1.807) is 0 Å². The molecule has 1 spiro atoms. The number of piperidine rings is 1. The number of carbonyl (C=O) groups excluding carboxylic acids is 1. The molecule has 1 atom stereocenters. The number of likely N-dealkylation sites (tertiary alicyclic amines) is 1. The molecule has 1 aromatic rings. The van der Waals surface area contributed by atoms with Gasteiger partial charge in [-0.15, -0.1) is 0 Å². The highest BCUT2D eigenvalue weighted by Crippen LogP contribution is 2.41. The molecular formula is C21H29ClN4O3. The van der Waals surface area contributed by atoms with Gasteiger partial charge in [-0.2, -0.15) is 0 Å². The molecule has 3 heterocycles. The first-order chi connectivity index (χ1) is 13.9. The number of rotatable bonds is 4. The number of halogens is 1. The minimum atomic E-state index is -0.883. The molecular weight excluding hydrogens is 392 g/mol. The molecule has 0 radical (unpaired) electrons. The summed E-state index contributed by atoms with van der Waals surface area (Å²) >= 11 is 6.11. The molecule has 2 N–H and O–H groups in total. The number of carbonyl (C=O) groups is 2. The van der Waals surface area contributed by atoms with Crippen LogP contribution in [-0.2, 0) is 4.79 Å². The number of benzene rings is 1. The van der Waals surface area contributed by atoms with Crippen LogP contribution in [0.4, 0.5) is 10.5 Å². The summed E-state index contributed by atoms with van der Waals surface area (Å²) in [6.07, 6.45) is 2.18. The number of nitrogens with one attached hydrogen (secondary N) is 1. The lowest BCUT2D eigenvalue weighted by Crippen LogP contribution is -2.47. The third-order valence-corrected chi connectivity index (χ3v) is 7.02. The second kappa shape index (κ2) is 8.40. The molecule has 7 nitrogen and oxygen atoms in total. The van der Waals surface area contributed by atoms with E-state index in [1.807, 2.05) is 18.2 Å². The Labute approximate surface area is 176 Å². The van der Waals surface area contributed by atoms with E-state index in [1.165, 1.54) is 10.6 Å². The number of carboxylic acid groups (broad SMARTS) is 1. The van der Waals surface area contributed by atoms with Crippen LogP contribution < -0.4 is 10.2 Å².